The van der Waals surface area contributed by atoms with Crippen molar-refractivity contribution in [1.29, 1.82) is 0 Å². The number of hydrogen-bond acceptors (Lipinski definition) is 3. The van der Waals surface area contributed by atoms with E-state index in [0.717, 1.165) is 31.3 Å². The summed E-state index contributed by atoms with van der Waals surface area (Å²) in [6.07, 6.45) is 11.8. The summed E-state index contributed by atoms with van der Waals surface area (Å²) in [5, 5.41) is 20.6. The van der Waals surface area contributed by atoms with Crippen LogP contribution in [0.25, 0.3) is 0 Å². The molecule has 4 rings (SSSR count). The standard InChI is InChI=1S/C19H27NO2/c1-18-7-5-12(21)9-11(18)10-15(22)17-13-3-4-16(20)19(13,2)8-6-14(17)18/h5,7,9-10,12-14,16-17,21-22H,3-4,6,8,20H2,1-2H3/t12?,13-,14+,16?,17-,18-,19-/m0/s1. The van der Waals surface area contributed by atoms with E-state index in [9.17, 15) is 10.2 Å². The number of fused-ring (bicyclic) bond motifs is 5. The maximum absolute atomic E-state index is 10.8. The van der Waals surface area contributed by atoms with Crippen molar-refractivity contribution >= 4 is 0 Å². The Morgan fingerprint density at radius 2 is 1.95 bits per heavy atom. The van der Waals surface area contributed by atoms with Crippen molar-refractivity contribution in [3.8, 4) is 0 Å². The van der Waals surface area contributed by atoms with Crippen molar-refractivity contribution in [3.63, 3.8) is 0 Å². The Morgan fingerprint density at radius 3 is 2.73 bits per heavy atom. The van der Waals surface area contributed by atoms with E-state index >= 15 is 0 Å². The molecule has 120 valence electrons. The van der Waals surface area contributed by atoms with Crippen LogP contribution in [0.1, 0.15) is 39.5 Å². The first kappa shape index (κ1) is 14.5. The smallest absolute Gasteiger partial charge is 0.0962 e. The van der Waals surface area contributed by atoms with Gasteiger partial charge in [-0.2, -0.15) is 0 Å². The highest BCUT2D eigenvalue weighted by Crippen LogP contribution is 2.63. The predicted molar refractivity (Wildman–Crippen MR) is 87.1 cm³/mol. The van der Waals surface area contributed by atoms with E-state index < -0.39 is 6.10 Å². The Morgan fingerprint density at radius 1 is 1.18 bits per heavy atom. The van der Waals surface area contributed by atoms with Gasteiger partial charge in [0.05, 0.1) is 11.9 Å². The molecule has 0 saturated heterocycles. The molecule has 2 fully saturated rings. The molecule has 0 radical (unpaired) electrons. The van der Waals surface area contributed by atoms with Gasteiger partial charge in [0.25, 0.3) is 0 Å². The third-order valence-electron chi connectivity index (χ3n) is 7.37. The van der Waals surface area contributed by atoms with Crippen molar-refractivity contribution in [3.05, 3.63) is 35.6 Å². The van der Waals surface area contributed by atoms with Crippen LogP contribution in [0.3, 0.4) is 0 Å². The molecular weight excluding hydrogens is 274 g/mol. The van der Waals surface area contributed by atoms with Crippen molar-refractivity contribution in [2.45, 2.75) is 51.7 Å². The van der Waals surface area contributed by atoms with Gasteiger partial charge < -0.3 is 15.9 Å². The van der Waals surface area contributed by atoms with Crippen LogP contribution in [0.15, 0.2) is 35.6 Å². The first-order valence-electron chi connectivity index (χ1n) is 8.62. The Labute approximate surface area is 132 Å². The molecule has 0 aromatic heterocycles. The molecule has 0 bridgehead atoms. The van der Waals surface area contributed by atoms with Gasteiger partial charge in [-0.15, -0.1) is 0 Å². The minimum absolute atomic E-state index is 0.0653. The number of nitrogens with two attached hydrogens (primary N) is 1. The fraction of sp³-hybridized carbons (Fsp3) is 0.684. The molecule has 4 aliphatic rings. The van der Waals surface area contributed by atoms with Crippen LogP contribution in [0.5, 0.6) is 0 Å². The van der Waals surface area contributed by atoms with Crippen LogP contribution in [0.2, 0.25) is 0 Å². The largest absolute Gasteiger partial charge is 0.512 e. The molecule has 2 saturated carbocycles. The highest BCUT2D eigenvalue weighted by atomic mass is 16.3. The van der Waals surface area contributed by atoms with Crippen molar-refractivity contribution in [1.82, 2.24) is 0 Å². The first-order valence-corrected chi connectivity index (χ1v) is 8.62. The molecule has 2 unspecified atom stereocenters. The summed E-state index contributed by atoms with van der Waals surface area (Å²) in [7, 11) is 0. The first-order chi connectivity index (χ1) is 10.4. The molecule has 4 aliphatic carbocycles. The zero-order chi connectivity index (χ0) is 15.7. The van der Waals surface area contributed by atoms with Gasteiger partial charge in [0.1, 0.15) is 0 Å². The van der Waals surface area contributed by atoms with Crippen LogP contribution in [-0.2, 0) is 0 Å². The van der Waals surface area contributed by atoms with Gasteiger partial charge in [-0.3, -0.25) is 0 Å². The SMILES string of the molecule is C[C@]12C=CC(O)C=C1C=C(O)[C@@H]1[C@H]2CC[C@]2(C)C(N)CC[C@@H]12. The molecule has 7 atom stereocenters. The van der Waals surface area contributed by atoms with Gasteiger partial charge in [-0.25, -0.2) is 0 Å². The third kappa shape index (κ3) is 1.70. The highest BCUT2D eigenvalue weighted by molar-refractivity contribution is 5.43. The van der Waals surface area contributed by atoms with Gasteiger partial charge in [0.2, 0.25) is 0 Å². The average Bonchev–Trinajstić information content (AvgIpc) is 2.77. The molecule has 0 spiro atoms. The second-order valence-corrected chi connectivity index (χ2v) is 8.29. The molecule has 4 N–H and O–H groups in total. The number of aliphatic hydroxyl groups excluding tert-OH is 2. The fourth-order valence-electron chi connectivity index (χ4n) is 5.88. The van der Waals surface area contributed by atoms with Crippen molar-refractivity contribution in [2.75, 3.05) is 0 Å². The minimum Gasteiger partial charge on any atom is -0.512 e. The second-order valence-electron chi connectivity index (χ2n) is 8.29. The van der Waals surface area contributed by atoms with Gasteiger partial charge in [0, 0.05) is 17.4 Å². The van der Waals surface area contributed by atoms with Crippen molar-refractivity contribution in [2.24, 2.45) is 34.3 Å². The molecule has 22 heavy (non-hydrogen) atoms. The van der Waals surface area contributed by atoms with E-state index in [0.29, 0.717) is 17.6 Å². The summed E-state index contributed by atoms with van der Waals surface area (Å²) < 4.78 is 0. The van der Waals surface area contributed by atoms with Crippen LogP contribution >= 0.6 is 0 Å². The summed E-state index contributed by atoms with van der Waals surface area (Å²) in [6, 6.07) is 0.264. The van der Waals surface area contributed by atoms with Gasteiger partial charge in [-0.05, 0) is 60.7 Å². The highest BCUT2D eigenvalue weighted by Gasteiger charge is 2.58. The summed E-state index contributed by atoms with van der Waals surface area (Å²) in [4.78, 5) is 0. The van der Waals surface area contributed by atoms with Crippen LogP contribution in [0.4, 0.5) is 0 Å². The molecule has 3 heteroatoms. The Balaban J connectivity index is 1.80. The number of rotatable bonds is 0. The summed E-state index contributed by atoms with van der Waals surface area (Å²) in [5.74, 6) is 1.63. The van der Waals surface area contributed by atoms with Gasteiger partial charge in [-0.1, -0.05) is 26.0 Å². The minimum atomic E-state index is -0.530. The van der Waals surface area contributed by atoms with Gasteiger partial charge in [0.15, 0.2) is 0 Å². The van der Waals surface area contributed by atoms with Gasteiger partial charge >= 0.3 is 0 Å². The molecule has 3 nitrogen and oxygen atoms in total. The van der Waals surface area contributed by atoms with E-state index in [1.54, 1.807) is 0 Å². The molecule has 0 aliphatic heterocycles. The van der Waals surface area contributed by atoms with Crippen molar-refractivity contribution < 1.29 is 10.2 Å². The lowest BCUT2D eigenvalue weighted by atomic mass is 9.49. The van der Waals surface area contributed by atoms with E-state index in [1.165, 1.54) is 0 Å². The normalized spacial score (nSPS) is 53.2. The quantitative estimate of drug-likeness (QED) is 0.602. The Kier molecular flexibility index (Phi) is 2.96. The second kappa shape index (κ2) is 4.48. The third-order valence-corrected chi connectivity index (χ3v) is 7.37. The molecule has 0 aromatic rings. The maximum Gasteiger partial charge on any atom is 0.0962 e. The van der Waals surface area contributed by atoms with E-state index in [-0.39, 0.29) is 22.8 Å². The topological polar surface area (TPSA) is 66.5 Å². The lowest BCUT2D eigenvalue weighted by Crippen LogP contribution is -2.52. The summed E-state index contributed by atoms with van der Waals surface area (Å²) in [5.41, 5.74) is 7.59. The lowest BCUT2D eigenvalue weighted by molar-refractivity contribution is -0.00875. The number of allylic oxidation sites excluding steroid dienone is 4. The van der Waals surface area contributed by atoms with Crippen LogP contribution < -0.4 is 5.73 Å². The van der Waals surface area contributed by atoms with E-state index in [2.05, 4.69) is 19.9 Å². The summed E-state index contributed by atoms with van der Waals surface area (Å²) >= 11 is 0. The van der Waals surface area contributed by atoms with Crippen LogP contribution in [0, 0.1) is 28.6 Å². The van der Waals surface area contributed by atoms with E-state index in [4.69, 9.17) is 5.73 Å². The molecule has 0 aromatic carbocycles. The lowest BCUT2D eigenvalue weighted by Gasteiger charge is -2.55. The summed E-state index contributed by atoms with van der Waals surface area (Å²) in [6.45, 7) is 4.59. The zero-order valence-corrected chi connectivity index (χ0v) is 13.5. The molecule has 0 amide bonds. The Hall–Kier alpha value is -1.06. The number of hydrogen-bond donors (Lipinski definition) is 3. The fourth-order valence-corrected chi connectivity index (χ4v) is 5.88. The Bertz CT molecular complexity index is 592. The average molecular weight is 301 g/mol. The molecule has 0 heterocycles. The zero-order valence-electron chi connectivity index (χ0n) is 13.5. The molecular formula is C19H27NO2. The predicted octanol–water partition coefficient (Wildman–Crippen LogP) is 3.08. The monoisotopic (exact) mass is 301 g/mol. The maximum atomic E-state index is 10.8. The van der Waals surface area contributed by atoms with E-state index in [1.807, 2.05) is 18.2 Å². The number of aliphatic hydroxyl groups is 2. The van der Waals surface area contributed by atoms with Crippen LogP contribution in [-0.4, -0.2) is 22.4 Å².